The standard InChI is InChI=1S/C27H32BrNO3S/c1-26-11-9-18(30)13-16(26)14-22(33-19-5-3-17(4-6-19)29-24(32)15-28)25-20-7-8-23(31)27(20,2)12-10-21(25)26/h3-6,13,20-22,25H,7-12,14-15H2,1-2H3,(H,29,32)/t20?,21-,22+,25-,26-,27-/m0/s1. The number of ketones is 2. The van der Waals surface area contributed by atoms with Gasteiger partial charge in [0.1, 0.15) is 5.78 Å². The van der Waals surface area contributed by atoms with Crippen LogP contribution in [0.25, 0.3) is 0 Å². The molecule has 0 radical (unpaired) electrons. The Morgan fingerprint density at radius 3 is 2.52 bits per heavy atom. The van der Waals surface area contributed by atoms with Crippen molar-refractivity contribution in [2.24, 2.45) is 28.6 Å². The van der Waals surface area contributed by atoms with E-state index in [1.54, 1.807) is 0 Å². The Labute approximate surface area is 208 Å². The van der Waals surface area contributed by atoms with Crippen molar-refractivity contribution in [1.82, 2.24) is 0 Å². The molecule has 0 heterocycles. The molecule has 5 rings (SSSR count). The van der Waals surface area contributed by atoms with Crippen molar-refractivity contribution in [3.05, 3.63) is 35.9 Å². The van der Waals surface area contributed by atoms with Crippen LogP contribution >= 0.6 is 27.7 Å². The SMILES string of the molecule is C[C@]12CCC(=O)C=C1C[C@@H](Sc1ccc(NC(=O)CBr)cc1)[C@H]1C3CCC(=O)[C@@]3(C)CC[C@@H]12. The third kappa shape index (κ3) is 3.95. The predicted molar refractivity (Wildman–Crippen MR) is 136 cm³/mol. The molecule has 0 spiro atoms. The largest absolute Gasteiger partial charge is 0.325 e. The summed E-state index contributed by atoms with van der Waals surface area (Å²) in [6.07, 6.45) is 8.31. The molecule has 0 aromatic heterocycles. The number of thioether (sulfide) groups is 1. The van der Waals surface area contributed by atoms with Gasteiger partial charge < -0.3 is 5.32 Å². The van der Waals surface area contributed by atoms with E-state index in [4.69, 9.17) is 0 Å². The second kappa shape index (κ2) is 8.67. The van der Waals surface area contributed by atoms with Gasteiger partial charge in [-0.05, 0) is 85.6 Å². The molecule has 1 aromatic rings. The number of allylic oxidation sites excluding steroid dienone is 1. The molecule has 1 aromatic carbocycles. The number of carbonyl (C=O) groups excluding carboxylic acids is 3. The van der Waals surface area contributed by atoms with Crippen molar-refractivity contribution in [2.75, 3.05) is 10.6 Å². The molecule has 4 nitrogen and oxygen atoms in total. The van der Waals surface area contributed by atoms with Gasteiger partial charge in [-0.15, -0.1) is 11.8 Å². The molecule has 176 valence electrons. The summed E-state index contributed by atoms with van der Waals surface area (Å²) in [5.41, 5.74) is 2.05. The van der Waals surface area contributed by atoms with Crippen LogP contribution in [0, 0.1) is 28.6 Å². The molecule has 0 saturated heterocycles. The van der Waals surface area contributed by atoms with Crippen LogP contribution in [-0.4, -0.2) is 28.1 Å². The number of hydrogen-bond acceptors (Lipinski definition) is 4. The van der Waals surface area contributed by atoms with Gasteiger partial charge in [0.05, 0.1) is 5.33 Å². The number of carbonyl (C=O) groups is 3. The maximum Gasteiger partial charge on any atom is 0.235 e. The Bertz CT molecular complexity index is 1020. The maximum absolute atomic E-state index is 12.9. The van der Waals surface area contributed by atoms with Crippen LogP contribution in [0.15, 0.2) is 40.8 Å². The lowest BCUT2D eigenvalue weighted by atomic mass is 9.47. The summed E-state index contributed by atoms with van der Waals surface area (Å²) in [7, 11) is 0. The zero-order valence-corrected chi connectivity index (χ0v) is 21.8. The minimum atomic E-state index is -0.175. The summed E-state index contributed by atoms with van der Waals surface area (Å²) in [6.45, 7) is 4.62. The summed E-state index contributed by atoms with van der Waals surface area (Å²) in [5, 5.41) is 3.51. The van der Waals surface area contributed by atoms with Gasteiger partial charge in [-0.2, -0.15) is 0 Å². The summed E-state index contributed by atoms with van der Waals surface area (Å²) in [4.78, 5) is 38.1. The Kier molecular flexibility index (Phi) is 6.14. The lowest BCUT2D eigenvalue weighted by Crippen LogP contribution is -2.54. The molecule has 4 aliphatic carbocycles. The van der Waals surface area contributed by atoms with E-state index in [9.17, 15) is 14.4 Å². The van der Waals surface area contributed by atoms with Crippen LogP contribution in [0.1, 0.15) is 58.8 Å². The number of anilines is 1. The van der Waals surface area contributed by atoms with E-state index in [1.807, 2.05) is 30.0 Å². The molecule has 6 atom stereocenters. The first-order chi connectivity index (χ1) is 15.7. The highest BCUT2D eigenvalue weighted by atomic mass is 79.9. The van der Waals surface area contributed by atoms with Gasteiger partial charge >= 0.3 is 0 Å². The minimum absolute atomic E-state index is 0.0638. The van der Waals surface area contributed by atoms with E-state index < -0.39 is 0 Å². The summed E-state index contributed by atoms with van der Waals surface area (Å²) < 4.78 is 0. The van der Waals surface area contributed by atoms with Gasteiger partial charge in [0.2, 0.25) is 5.91 Å². The number of hydrogen-bond donors (Lipinski definition) is 1. The van der Waals surface area contributed by atoms with E-state index in [2.05, 4.69) is 47.2 Å². The normalized spacial score (nSPS) is 37.6. The molecule has 1 amide bonds. The first kappa shape index (κ1) is 23.3. The van der Waals surface area contributed by atoms with Gasteiger partial charge in [-0.3, -0.25) is 14.4 Å². The number of alkyl halides is 1. The lowest BCUT2D eigenvalue weighted by Gasteiger charge is -2.59. The zero-order valence-electron chi connectivity index (χ0n) is 19.4. The van der Waals surface area contributed by atoms with Crippen LogP contribution in [0.4, 0.5) is 5.69 Å². The third-order valence-corrected chi connectivity index (χ3v) is 11.1. The quantitative estimate of drug-likeness (QED) is 0.472. The van der Waals surface area contributed by atoms with Gasteiger partial charge in [0, 0.05) is 34.1 Å². The van der Waals surface area contributed by atoms with E-state index >= 15 is 0 Å². The Morgan fingerprint density at radius 1 is 1.06 bits per heavy atom. The number of fused-ring (bicyclic) bond motifs is 5. The molecule has 3 fully saturated rings. The third-order valence-electron chi connectivity index (χ3n) is 9.22. The first-order valence-corrected chi connectivity index (χ1v) is 14.1. The number of rotatable bonds is 4. The van der Waals surface area contributed by atoms with Crippen LogP contribution < -0.4 is 5.32 Å². The number of Topliss-reactive ketones (excluding diaryl/α,β-unsaturated/α-hetero) is 1. The van der Waals surface area contributed by atoms with Crippen molar-refractivity contribution in [3.8, 4) is 0 Å². The molecule has 0 aliphatic heterocycles. The van der Waals surface area contributed by atoms with Crippen molar-refractivity contribution in [2.45, 2.75) is 68.9 Å². The average molecular weight is 531 g/mol. The summed E-state index contributed by atoms with van der Waals surface area (Å²) in [6, 6.07) is 8.08. The Balaban J connectivity index is 1.46. The van der Waals surface area contributed by atoms with Crippen LogP contribution in [-0.2, 0) is 14.4 Å². The second-order valence-electron chi connectivity index (χ2n) is 10.8. The van der Waals surface area contributed by atoms with Gasteiger partial charge in [0.25, 0.3) is 0 Å². The lowest BCUT2D eigenvalue weighted by molar-refractivity contribution is -0.132. The fourth-order valence-electron chi connectivity index (χ4n) is 7.38. The molecule has 4 aliphatic rings. The van der Waals surface area contributed by atoms with Crippen molar-refractivity contribution in [3.63, 3.8) is 0 Å². The van der Waals surface area contributed by atoms with Crippen molar-refractivity contribution < 1.29 is 14.4 Å². The predicted octanol–water partition coefficient (Wildman–Crippen LogP) is 6.19. The number of amides is 1. The van der Waals surface area contributed by atoms with Crippen molar-refractivity contribution >= 4 is 50.9 Å². The monoisotopic (exact) mass is 529 g/mol. The summed E-state index contributed by atoms with van der Waals surface area (Å²) >= 11 is 5.09. The molecular formula is C27H32BrNO3S. The van der Waals surface area contributed by atoms with Crippen molar-refractivity contribution in [1.29, 1.82) is 0 Å². The molecular weight excluding hydrogens is 498 g/mol. The highest BCUT2D eigenvalue weighted by Gasteiger charge is 2.61. The molecule has 1 N–H and O–H groups in total. The maximum atomic E-state index is 12.9. The van der Waals surface area contributed by atoms with E-state index in [0.29, 0.717) is 35.2 Å². The van der Waals surface area contributed by atoms with E-state index in [0.717, 1.165) is 44.2 Å². The molecule has 6 heteroatoms. The average Bonchev–Trinajstić information content (AvgIpc) is 3.10. The first-order valence-electron chi connectivity index (χ1n) is 12.1. The minimum Gasteiger partial charge on any atom is -0.325 e. The highest BCUT2D eigenvalue weighted by Crippen LogP contribution is 2.66. The van der Waals surface area contributed by atoms with Gasteiger partial charge in [-0.1, -0.05) is 35.4 Å². The topological polar surface area (TPSA) is 63.2 Å². The summed E-state index contributed by atoms with van der Waals surface area (Å²) in [5.74, 6) is 2.13. The van der Waals surface area contributed by atoms with Crippen LogP contribution in [0.3, 0.4) is 0 Å². The number of halogens is 1. The Hall–Kier alpha value is -1.40. The number of nitrogens with one attached hydrogen (secondary N) is 1. The second-order valence-corrected chi connectivity index (χ2v) is 12.7. The van der Waals surface area contributed by atoms with Gasteiger partial charge in [-0.25, -0.2) is 0 Å². The van der Waals surface area contributed by atoms with Crippen LogP contribution in [0.2, 0.25) is 0 Å². The number of benzene rings is 1. The van der Waals surface area contributed by atoms with E-state index in [1.165, 1.54) is 10.5 Å². The fraction of sp³-hybridized carbons (Fsp3) is 0.593. The van der Waals surface area contributed by atoms with E-state index in [-0.39, 0.29) is 27.9 Å². The molecule has 33 heavy (non-hydrogen) atoms. The highest BCUT2D eigenvalue weighted by molar-refractivity contribution is 9.09. The molecule has 0 bridgehead atoms. The smallest absolute Gasteiger partial charge is 0.235 e. The van der Waals surface area contributed by atoms with Gasteiger partial charge in [0.15, 0.2) is 5.78 Å². The van der Waals surface area contributed by atoms with Crippen LogP contribution in [0.5, 0.6) is 0 Å². The zero-order chi connectivity index (χ0) is 23.4. The molecule has 1 unspecified atom stereocenters. The molecule has 3 saturated carbocycles. The Morgan fingerprint density at radius 2 is 1.79 bits per heavy atom. The fourth-order valence-corrected chi connectivity index (χ4v) is 8.96.